The average molecular weight is 92.1 g/mol. The molecule has 0 unspecified atom stereocenters. The topological polar surface area (TPSA) is 20.2 Å². The van der Waals surface area contributed by atoms with Crippen LogP contribution in [-0.2, 0) is 0 Å². The summed E-state index contributed by atoms with van der Waals surface area (Å²) in [5, 5.41) is 7.76. The maximum Gasteiger partial charge on any atom is 0.0785 e. The standard InChI is InChI=1S/C3H6O.CH3F/c1-2-3-4;1-2/h2,4H,1,3H2;1H3. The van der Waals surface area contributed by atoms with Gasteiger partial charge in [0.1, 0.15) is 0 Å². The van der Waals surface area contributed by atoms with E-state index in [1.807, 2.05) is 0 Å². The highest BCUT2D eigenvalue weighted by Gasteiger charge is 1.45. The van der Waals surface area contributed by atoms with E-state index in [9.17, 15) is 4.39 Å². The number of hydrogen-bond acceptors (Lipinski definition) is 1. The van der Waals surface area contributed by atoms with Crippen molar-refractivity contribution in [2.45, 2.75) is 0 Å². The summed E-state index contributed by atoms with van der Waals surface area (Å²) in [5.74, 6) is 0. The summed E-state index contributed by atoms with van der Waals surface area (Å²) in [5.41, 5.74) is 0. The molecule has 6 heavy (non-hydrogen) atoms. The fourth-order valence-corrected chi connectivity index (χ4v) is 0. The molecule has 1 nitrogen and oxygen atoms in total. The number of aliphatic hydroxyl groups excluding tert-OH is 1. The van der Waals surface area contributed by atoms with Crippen LogP contribution in [0.15, 0.2) is 12.7 Å². The minimum atomic E-state index is 0.0833. The first kappa shape index (κ1) is 9.16. The zero-order valence-corrected chi connectivity index (χ0v) is 3.82. The molecule has 0 rings (SSSR count). The van der Waals surface area contributed by atoms with Gasteiger partial charge in [0.25, 0.3) is 0 Å². The second-order valence-corrected chi connectivity index (χ2v) is 0.471. The highest BCUT2D eigenvalue weighted by molar-refractivity contribution is 4.60. The molecule has 0 aliphatic carbocycles. The van der Waals surface area contributed by atoms with Crippen LogP contribution in [0.4, 0.5) is 4.39 Å². The van der Waals surface area contributed by atoms with E-state index in [1.165, 1.54) is 6.08 Å². The molecule has 0 saturated carbocycles. The molecule has 0 aromatic heterocycles. The SMILES string of the molecule is C=CCO.CF. The van der Waals surface area contributed by atoms with Crippen molar-refractivity contribution < 1.29 is 9.50 Å². The average Bonchev–Trinajstić information content (AvgIpc) is 1.72. The quantitative estimate of drug-likeness (QED) is 0.473. The van der Waals surface area contributed by atoms with Gasteiger partial charge in [-0.25, -0.2) is 0 Å². The van der Waals surface area contributed by atoms with E-state index in [0.717, 1.165) is 0 Å². The lowest BCUT2D eigenvalue weighted by Gasteiger charge is -1.60. The van der Waals surface area contributed by atoms with Crippen LogP contribution in [0.25, 0.3) is 0 Å². The van der Waals surface area contributed by atoms with Crippen molar-refractivity contribution in [1.82, 2.24) is 0 Å². The Kier molecular flexibility index (Phi) is 35.1. The lowest BCUT2D eigenvalue weighted by atomic mass is 10.7. The van der Waals surface area contributed by atoms with Crippen LogP contribution >= 0.6 is 0 Å². The summed E-state index contributed by atoms with van der Waals surface area (Å²) >= 11 is 0. The smallest absolute Gasteiger partial charge is 0.0785 e. The number of hydrogen-bond donors (Lipinski definition) is 1. The van der Waals surface area contributed by atoms with Crippen molar-refractivity contribution in [3.63, 3.8) is 0 Å². The van der Waals surface area contributed by atoms with E-state index < -0.39 is 0 Å². The molecular formula is C4H9FO. The third kappa shape index (κ3) is 63.3. The zero-order valence-electron chi connectivity index (χ0n) is 3.82. The first-order valence-corrected chi connectivity index (χ1v) is 1.51. The molecule has 0 aromatic carbocycles. The number of aliphatic hydroxyl groups is 1. The zero-order chi connectivity index (χ0) is 5.41. The van der Waals surface area contributed by atoms with Gasteiger partial charge in [-0.15, -0.1) is 6.58 Å². The lowest BCUT2D eigenvalue weighted by molar-refractivity contribution is 0.343. The van der Waals surface area contributed by atoms with E-state index in [0.29, 0.717) is 7.18 Å². The molecule has 0 aliphatic rings. The van der Waals surface area contributed by atoms with Gasteiger partial charge in [-0.05, 0) is 0 Å². The Morgan fingerprint density at radius 1 is 1.83 bits per heavy atom. The Hall–Kier alpha value is -0.370. The maximum atomic E-state index is 9.50. The molecule has 0 spiro atoms. The molecule has 2 heteroatoms. The van der Waals surface area contributed by atoms with Gasteiger partial charge < -0.3 is 5.11 Å². The summed E-state index contributed by atoms with van der Waals surface area (Å²) < 4.78 is 9.50. The second kappa shape index (κ2) is 23.0. The molecule has 0 atom stereocenters. The number of alkyl halides is 1. The lowest BCUT2D eigenvalue weighted by Crippen LogP contribution is -1.62. The molecule has 0 bridgehead atoms. The minimum absolute atomic E-state index is 0.0833. The van der Waals surface area contributed by atoms with E-state index in [4.69, 9.17) is 5.11 Å². The van der Waals surface area contributed by atoms with E-state index in [1.54, 1.807) is 0 Å². The molecule has 0 radical (unpaired) electrons. The van der Waals surface area contributed by atoms with Gasteiger partial charge in [0, 0.05) is 0 Å². The summed E-state index contributed by atoms with van der Waals surface area (Å²) in [6.07, 6.45) is 1.43. The molecular weight excluding hydrogens is 83.0 g/mol. The second-order valence-electron chi connectivity index (χ2n) is 0.471. The fraction of sp³-hybridized carbons (Fsp3) is 0.500. The van der Waals surface area contributed by atoms with Crippen LogP contribution in [0.1, 0.15) is 0 Å². The molecule has 0 fully saturated rings. The van der Waals surface area contributed by atoms with E-state index in [2.05, 4.69) is 6.58 Å². The van der Waals surface area contributed by atoms with Crippen LogP contribution in [0.2, 0.25) is 0 Å². The largest absolute Gasteiger partial charge is 0.392 e. The summed E-state index contributed by atoms with van der Waals surface area (Å²) in [4.78, 5) is 0. The van der Waals surface area contributed by atoms with Gasteiger partial charge >= 0.3 is 0 Å². The normalized spacial score (nSPS) is 5.17. The minimum Gasteiger partial charge on any atom is -0.392 e. The highest BCUT2D eigenvalue weighted by atomic mass is 19.1. The van der Waals surface area contributed by atoms with Crippen LogP contribution in [0.3, 0.4) is 0 Å². The van der Waals surface area contributed by atoms with Gasteiger partial charge in [-0.1, -0.05) is 6.08 Å². The number of halogens is 1. The monoisotopic (exact) mass is 92.1 g/mol. The Balaban J connectivity index is 0. The molecule has 0 saturated heterocycles. The van der Waals surface area contributed by atoms with Gasteiger partial charge in [0.15, 0.2) is 0 Å². The van der Waals surface area contributed by atoms with Crippen LogP contribution in [-0.4, -0.2) is 18.9 Å². The molecule has 38 valence electrons. The predicted octanol–water partition coefficient (Wildman–Crippen LogP) is 0.750. The van der Waals surface area contributed by atoms with Crippen molar-refractivity contribution in [2.75, 3.05) is 13.8 Å². The Bertz CT molecular complexity index is 21.5. The van der Waals surface area contributed by atoms with Gasteiger partial charge in [-0.3, -0.25) is 4.39 Å². The third-order valence-corrected chi connectivity index (χ3v) is 0.129. The summed E-state index contributed by atoms with van der Waals surface area (Å²) in [6.45, 7) is 3.31. The predicted molar refractivity (Wildman–Crippen MR) is 24.3 cm³/mol. The fourth-order valence-electron chi connectivity index (χ4n) is 0. The molecule has 0 amide bonds. The highest BCUT2D eigenvalue weighted by Crippen LogP contribution is 1.46. The van der Waals surface area contributed by atoms with Gasteiger partial charge in [0.05, 0.1) is 13.8 Å². The first-order valence-electron chi connectivity index (χ1n) is 1.51. The van der Waals surface area contributed by atoms with Crippen LogP contribution in [0.5, 0.6) is 0 Å². The van der Waals surface area contributed by atoms with Crippen molar-refractivity contribution in [2.24, 2.45) is 0 Å². The van der Waals surface area contributed by atoms with Crippen molar-refractivity contribution in [3.8, 4) is 0 Å². The molecule has 0 aromatic rings. The Labute approximate surface area is 37.1 Å². The van der Waals surface area contributed by atoms with Crippen LogP contribution < -0.4 is 0 Å². The van der Waals surface area contributed by atoms with Crippen LogP contribution in [0, 0.1) is 0 Å². The van der Waals surface area contributed by atoms with Crippen molar-refractivity contribution >= 4 is 0 Å². The van der Waals surface area contributed by atoms with Gasteiger partial charge in [-0.2, -0.15) is 0 Å². The third-order valence-electron chi connectivity index (χ3n) is 0.129. The summed E-state index contributed by atoms with van der Waals surface area (Å²) in [7, 11) is 0.500. The Morgan fingerprint density at radius 2 is 2.00 bits per heavy atom. The van der Waals surface area contributed by atoms with Crippen molar-refractivity contribution in [1.29, 1.82) is 0 Å². The van der Waals surface area contributed by atoms with Gasteiger partial charge in [0.2, 0.25) is 0 Å². The molecule has 0 aliphatic heterocycles. The maximum absolute atomic E-state index is 9.50. The van der Waals surface area contributed by atoms with E-state index in [-0.39, 0.29) is 6.61 Å². The molecule has 1 N–H and O–H groups in total. The first-order chi connectivity index (χ1) is 2.91. The van der Waals surface area contributed by atoms with Crippen molar-refractivity contribution in [3.05, 3.63) is 12.7 Å². The Morgan fingerprint density at radius 3 is 2.00 bits per heavy atom. The number of rotatable bonds is 1. The van der Waals surface area contributed by atoms with E-state index >= 15 is 0 Å². The molecule has 0 heterocycles. The summed E-state index contributed by atoms with van der Waals surface area (Å²) in [6, 6.07) is 0.